The van der Waals surface area contributed by atoms with E-state index in [0.717, 1.165) is 12.7 Å². The van der Waals surface area contributed by atoms with Gasteiger partial charge in [0.1, 0.15) is 5.75 Å². The van der Waals surface area contributed by atoms with Gasteiger partial charge in [0.05, 0.1) is 9.78 Å². The Hall–Kier alpha value is -0.0500. The van der Waals surface area contributed by atoms with Gasteiger partial charge in [0.15, 0.2) is 0 Å². The molecule has 1 aromatic rings. The molecular weight excluding hydrogens is 394 g/mol. The van der Waals surface area contributed by atoms with E-state index in [1.54, 1.807) is 13.3 Å². The molecule has 0 aliphatic heterocycles. The molecule has 0 radical (unpaired) electrons. The van der Waals surface area contributed by atoms with Crippen molar-refractivity contribution >= 4 is 51.4 Å². The van der Waals surface area contributed by atoms with Crippen molar-refractivity contribution < 1.29 is 5.11 Å². The predicted octanol–water partition coefficient (Wildman–Crippen LogP) is 2.15. The lowest BCUT2D eigenvalue weighted by molar-refractivity contribution is 0.470. The second kappa shape index (κ2) is 4.99. The Kier molecular flexibility index (Phi) is 4.23. The molecule has 2 N–H and O–H groups in total. The molecule has 0 heterocycles. The first-order valence-electron chi connectivity index (χ1n) is 3.53. The number of nitrogens with one attached hydrogen (secondary N) is 1. The lowest BCUT2D eigenvalue weighted by Crippen LogP contribution is -1.96. The molecule has 0 saturated heterocycles. The third-order valence-corrected chi connectivity index (χ3v) is 2.84. The zero-order chi connectivity index (χ0) is 9.84. The van der Waals surface area contributed by atoms with Crippen molar-refractivity contribution in [1.82, 2.24) is 5.43 Å². The highest BCUT2D eigenvalue weighted by Crippen LogP contribution is 2.25. The zero-order valence-electron chi connectivity index (χ0n) is 6.88. The Morgan fingerprint density at radius 2 is 2.15 bits per heavy atom. The van der Waals surface area contributed by atoms with Crippen LogP contribution in [0.2, 0.25) is 0 Å². The number of rotatable bonds is 2. The van der Waals surface area contributed by atoms with Gasteiger partial charge in [0.2, 0.25) is 0 Å². The molecule has 5 heteroatoms. The summed E-state index contributed by atoms with van der Waals surface area (Å²) in [6.07, 6.45) is 1.60. The largest absolute Gasteiger partial charge is 0.506 e. The molecule has 0 spiro atoms. The van der Waals surface area contributed by atoms with Gasteiger partial charge in [-0.2, -0.15) is 5.10 Å². The van der Waals surface area contributed by atoms with E-state index in [9.17, 15) is 5.11 Å². The molecule has 70 valence electrons. The van der Waals surface area contributed by atoms with E-state index in [1.165, 1.54) is 0 Å². The predicted molar refractivity (Wildman–Crippen MR) is 70.2 cm³/mol. The second-order valence-corrected chi connectivity index (χ2v) is 4.72. The zero-order valence-corrected chi connectivity index (χ0v) is 11.2. The fourth-order valence-electron chi connectivity index (χ4n) is 0.818. The van der Waals surface area contributed by atoms with E-state index in [1.807, 2.05) is 12.1 Å². The van der Waals surface area contributed by atoms with Gasteiger partial charge in [-0.15, -0.1) is 0 Å². The molecule has 13 heavy (non-hydrogen) atoms. The SMILES string of the molecule is CN/N=C/c1cc(I)cc(I)c1O. The van der Waals surface area contributed by atoms with Crippen LogP contribution in [-0.2, 0) is 0 Å². The highest BCUT2D eigenvalue weighted by atomic mass is 127. The van der Waals surface area contributed by atoms with Crippen molar-refractivity contribution in [1.29, 1.82) is 0 Å². The molecule has 1 rings (SSSR count). The Morgan fingerprint density at radius 3 is 2.77 bits per heavy atom. The van der Waals surface area contributed by atoms with Crippen molar-refractivity contribution in [2.75, 3.05) is 7.05 Å². The summed E-state index contributed by atoms with van der Waals surface area (Å²) in [6, 6.07) is 3.78. The van der Waals surface area contributed by atoms with Gasteiger partial charge < -0.3 is 10.5 Å². The van der Waals surface area contributed by atoms with Gasteiger partial charge in [0, 0.05) is 16.2 Å². The van der Waals surface area contributed by atoms with Crippen LogP contribution >= 0.6 is 45.2 Å². The standard InChI is InChI=1S/C8H8I2N2O/c1-11-12-4-5-2-6(9)3-7(10)8(5)13/h2-4,11,13H,1H3/b12-4+. The summed E-state index contributed by atoms with van der Waals surface area (Å²) in [5.74, 6) is 0.278. The topological polar surface area (TPSA) is 44.6 Å². The second-order valence-electron chi connectivity index (χ2n) is 2.31. The van der Waals surface area contributed by atoms with E-state index in [0.29, 0.717) is 0 Å². The number of halogens is 2. The van der Waals surface area contributed by atoms with Gasteiger partial charge in [0.25, 0.3) is 0 Å². The van der Waals surface area contributed by atoms with Crippen LogP contribution in [0.1, 0.15) is 5.56 Å². The van der Waals surface area contributed by atoms with Crippen LogP contribution < -0.4 is 5.43 Å². The molecule has 0 fully saturated rings. The Morgan fingerprint density at radius 1 is 1.46 bits per heavy atom. The van der Waals surface area contributed by atoms with Crippen LogP contribution in [0.25, 0.3) is 0 Å². The minimum atomic E-state index is 0.278. The Balaban J connectivity index is 3.12. The quantitative estimate of drug-likeness (QED) is 0.453. The summed E-state index contributed by atoms with van der Waals surface area (Å²) < 4.78 is 1.92. The fourth-order valence-corrected chi connectivity index (χ4v) is 2.71. The third kappa shape index (κ3) is 2.97. The summed E-state index contributed by atoms with van der Waals surface area (Å²) in [4.78, 5) is 0. The number of hydrogen-bond donors (Lipinski definition) is 2. The van der Waals surface area contributed by atoms with Gasteiger partial charge in [-0.3, -0.25) is 0 Å². The molecule has 0 aliphatic carbocycles. The number of phenolic OH excluding ortho intramolecular Hbond substituents is 1. The number of aromatic hydroxyl groups is 1. The van der Waals surface area contributed by atoms with Crippen molar-refractivity contribution in [2.45, 2.75) is 0 Å². The summed E-state index contributed by atoms with van der Waals surface area (Å²) in [6.45, 7) is 0. The lowest BCUT2D eigenvalue weighted by Gasteiger charge is -2.02. The first kappa shape index (κ1) is 11.0. The molecule has 0 aromatic heterocycles. The van der Waals surface area contributed by atoms with E-state index in [2.05, 4.69) is 55.7 Å². The Bertz CT molecular complexity index is 339. The highest BCUT2D eigenvalue weighted by molar-refractivity contribution is 14.1. The van der Waals surface area contributed by atoms with E-state index < -0.39 is 0 Å². The number of benzene rings is 1. The Labute approximate surface area is 104 Å². The average molecular weight is 402 g/mol. The van der Waals surface area contributed by atoms with E-state index >= 15 is 0 Å². The van der Waals surface area contributed by atoms with Gasteiger partial charge >= 0.3 is 0 Å². The van der Waals surface area contributed by atoms with E-state index in [4.69, 9.17) is 0 Å². The monoisotopic (exact) mass is 402 g/mol. The first-order chi connectivity index (χ1) is 6.15. The van der Waals surface area contributed by atoms with Crippen molar-refractivity contribution in [2.24, 2.45) is 5.10 Å². The van der Waals surface area contributed by atoms with Crippen LogP contribution in [0.15, 0.2) is 17.2 Å². The maximum absolute atomic E-state index is 9.62. The van der Waals surface area contributed by atoms with Gasteiger partial charge in [-0.1, -0.05) is 0 Å². The molecule has 3 nitrogen and oxygen atoms in total. The summed E-state index contributed by atoms with van der Waals surface area (Å²) >= 11 is 4.29. The summed E-state index contributed by atoms with van der Waals surface area (Å²) in [5.41, 5.74) is 3.36. The molecular formula is C8H8I2N2O. The molecule has 0 unspecified atom stereocenters. The van der Waals surface area contributed by atoms with Gasteiger partial charge in [-0.05, 0) is 57.3 Å². The third-order valence-electron chi connectivity index (χ3n) is 1.39. The smallest absolute Gasteiger partial charge is 0.137 e. The van der Waals surface area contributed by atoms with Crippen LogP contribution in [0.4, 0.5) is 0 Å². The molecule has 1 aromatic carbocycles. The molecule has 0 aliphatic rings. The van der Waals surface area contributed by atoms with Crippen LogP contribution in [-0.4, -0.2) is 18.4 Å². The number of phenols is 1. The molecule has 0 atom stereocenters. The molecule has 0 saturated carbocycles. The number of hydrogen-bond acceptors (Lipinski definition) is 3. The summed E-state index contributed by atoms with van der Waals surface area (Å²) in [7, 11) is 1.71. The summed E-state index contributed by atoms with van der Waals surface area (Å²) in [5, 5.41) is 13.5. The number of hydrazone groups is 1. The lowest BCUT2D eigenvalue weighted by atomic mass is 10.2. The van der Waals surface area contributed by atoms with Gasteiger partial charge in [-0.25, -0.2) is 0 Å². The van der Waals surface area contributed by atoms with Crippen LogP contribution in [0.3, 0.4) is 0 Å². The van der Waals surface area contributed by atoms with E-state index in [-0.39, 0.29) is 5.75 Å². The maximum Gasteiger partial charge on any atom is 0.137 e. The van der Waals surface area contributed by atoms with Crippen LogP contribution in [0, 0.1) is 7.14 Å². The van der Waals surface area contributed by atoms with Crippen molar-refractivity contribution in [3.8, 4) is 5.75 Å². The van der Waals surface area contributed by atoms with Crippen molar-refractivity contribution in [3.63, 3.8) is 0 Å². The molecule has 0 bridgehead atoms. The molecule has 0 amide bonds. The minimum absolute atomic E-state index is 0.278. The number of nitrogens with zero attached hydrogens (tertiary/aromatic N) is 1. The average Bonchev–Trinajstić information content (AvgIpc) is 2.09. The first-order valence-corrected chi connectivity index (χ1v) is 5.68. The highest BCUT2D eigenvalue weighted by Gasteiger charge is 2.04. The minimum Gasteiger partial charge on any atom is -0.506 e. The fraction of sp³-hybridized carbons (Fsp3) is 0.125. The van der Waals surface area contributed by atoms with Crippen LogP contribution in [0.5, 0.6) is 5.75 Å². The van der Waals surface area contributed by atoms with Crippen molar-refractivity contribution in [3.05, 3.63) is 24.8 Å². The maximum atomic E-state index is 9.62. The normalized spacial score (nSPS) is 10.7.